The van der Waals surface area contributed by atoms with E-state index in [1.165, 1.54) is 9.80 Å². The maximum absolute atomic E-state index is 13.5. The minimum atomic E-state index is -0.701. The standard InChI is InChI=1S/C38H58N6O8/c1-21(2)27-15-23(5)42(35(27)50)12-9-39-32(47)24-16-25(33(48)40-10-13-43-30(45)19-28(22(3)4)36(43)51)18-26(17-24)34(49)41-11-14-44-31(46)20-29(37(44)52)38(6,7)8/h21-22,24-29H,5,9-20H2,1-4,6-8H3,(H,39,47)(H,40,48)(H,41,49)/t24-,25+,26-,27?,28?,29?/m0/s1. The number of imide groups is 2. The van der Waals surface area contributed by atoms with Crippen molar-refractivity contribution in [2.45, 2.75) is 87.0 Å². The summed E-state index contributed by atoms with van der Waals surface area (Å²) in [6.07, 6.45) is 1.40. The van der Waals surface area contributed by atoms with Crippen LogP contribution in [0.1, 0.15) is 87.0 Å². The van der Waals surface area contributed by atoms with Gasteiger partial charge in [-0.15, -0.1) is 0 Å². The summed E-state index contributed by atoms with van der Waals surface area (Å²) in [4.78, 5) is 108. The van der Waals surface area contributed by atoms with Gasteiger partial charge in [0.15, 0.2) is 0 Å². The molecule has 1 aliphatic carbocycles. The second kappa shape index (κ2) is 16.7. The van der Waals surface area contributed by atoms with Crippen LogP contribution in [0.5, 0.6) is 0 Å². The molecule has 6 atom stereocenters. The molecule has 0 aromatic heterocycles. The Hall–Kier alpha value is -4.10. The third-order valence-electron chi connectivity index (χ3n) is 11.3. The van der Waals surface area contributed by atoms with Gasteiger partial charge in [0, 0.05) is 87.4 Å². The van der Waals surface area contributed by atoms with Crippen LogP contribution >= 0.6 is 0 Å². The molecule has 3 unspecified atom stereocenters. The molecule has 3 saturated heterocycles. The lowest BCUT2D eigenvalue weighted by Crippen LogP contribution is -2.47. The summed E-state index contributed by atoms with van der Waals surface area (Å²) in [5.74, 6) is -4.98. The Kier molecular flexibility index (Phi) is 13.1. The molecular weight excluding hydrogens is 668 g/mol. The largest absolute Gasteiger partial charge is 0.354 e. The highest BCUT2D eigenvalue weighted by Crippen LogP contribution is 2.36. The summed E-state index contributed by atoms with van der Waals surface area (Å²) in [7, 11) is 0. The molecule has 0 bridgehead atoms. The van der Waals surface area contributed by atoms with E-state index < -0.39 is 23.7 Å². The zero-order valence-corrected chi connectivity index (χ0v) is 31.9. The van der Waals surface area contributed by atoms with E-state index >= 15 is 0 Å². The Labute approximate surface area is 307 Å². The quantitative estimate of drug-likeness (QED) is 0.227. The van der Waals surface area contributed by atoms with Gasteiger partial charge in [0.25, 0.3) is 0 Å². The molecule has 288 valence electrons. The molecule has 4 rings (SSSR count). The van der Waals surface area contributed by atoms with Crippen molar-refractivity contribution in [3.63, 3.8) is 0 Å². The summed E-state index contributed by atoms with van der Waals surface area (Å²) < 4.78 is 0. The molecular formula is C38H58N6O8. The minimum Gasteiger partial charge on any atom is -0.354 e. The fourth-order valence-corrected chi connectivity index (χ4v) is 7.92. The number of hydrogen-bond acceptors (Lipinski definition) is 8. The smallest absolute Gasteiger partial charge is 0.233 e. The van der Waals surface area contributed by atoms with E-state index in [4.69, 9.17) is 0 Å². The lowest BCUT2D eigenvalue weighted by atomic mass is 9.74. The third kappa shape index (κ3) is 9.27. The van der Waals surface area contributed by atoms with Crippen molar-refractivity contribution in [2.75, 3.05) is 39.3 Å². The average molecular weight is 727 g/mol. The molecule has 1 saturated carbocycles. The number of nitrogens with zero attached hydrogens (tertiary/aromatic N) is 3. The normalized spacial score (nSPS) is 27.1. The fourth-order valence-electron chi connectivity index (χ4n) is 7.92. The van der Waals surface area contributed by atoms with Gasteiger partial charge >= 0.3 is 0 Å². The lowest BCUT2D eigenvalue weighted by Gasteiger charge is -2.33. The molecule has 0 radical (unpaired) electrons. The number of likely N-dealkylation sites (tertiary alicyclic amines) is 3. The van der Waals surface area contributed by atoms with Gasteiger partial charge in [0.2, 0.25) is 47.3 Å². The molecule has 14 heteroatoms. The maximum atomic E-state index is 13.5. The molecule has 4 fully saturated rings. The molecule has 0 aromatic carbocycles. The molecule has 3 N–H and O–H groups in total. The molecule has 52 heavy (non-hydrogen) atoms. The first-order valence-electron chi connectivity index (χ1n) is 18.8. The molecule has 3 heterocycles. The first-order chi connectivity index (χ1) is 24.3. The molecule has 4 aliphatic rings. The van der Waals surface area contributed by atoms with Crippen LogP contribution in [-0.2, 0) is 38.4 Å². The Morgan fingerprint density at radius 1 is 0.615 bits per heavy atom. The monoisotopic (exact) mass is 726 g/mol. The van der Waals surface area contributed by atoms with Gasteiger partial charge in [0.1, 0.15) is 0 Å². The van der Waals surface area contributed by atoms with E-state index in [1.54, 1.807) is 4.90 Å². The number of carbonyl (C=O) groups excluding carboxylic acids is 8. The summed E-state index contributed by atoms with van der Waals surface area (Å²) >= 11 is 0. The van der Waals surface area contributed by atoms with E-state index in [2.05, 4.69) is 22.5 Å². The highest BCUT2D eigenvalue weighted by atomic mass is 16.2. The topological polar surface area (TPSA) is 182 Å². The van der Waals surface area contributed by atoms with Crippen LogP contribution in [0.3, 0.4) is 0 Å². The van der Waals surface area contributed by atoms with Crippen LogP contribution in [0.15, 0.2) is 12.3 Å². The fraction of sp³-hybridized carbons (Fsp3) is 0.737. The van der Waals surface area contributed by atoms with Crippen molar-refractivity contribution in [1.29, 1.82) is 0 Å². The second-order valence-corrected chi connectivity index (χ2v) is 16.7. The van der Waals surface area contributed by atoms with Gasteiger partial charge in [-0.1, -0.05) is 55.0 Å². The van der Waals surface area contributed by atoms with Crippen LogP contribution < -0.4 is 16.0 Å². The zero-order chi connectivity index (χ0) is 38.7. The van der Waals surface area contributed by atoms with Gasteiger partial charge in [-0.3, -0.25) is 48.2 Å². The van der Waals surface area contributed by atoms with Crippen molar-refractivity contribution in [2.24, 2.45) is 52.8 Å². The predicted molar refractivity (Wildman–Crippen MR) is 191 cm³/mol. The van der Waals surface area contributed by atoms with E-state index in [9.17, 15) is 38.4 Å². The predicted octanol–water partition coefficient (Wildman–Crippen LogP) is 1.84. The molecule has 0 aromatic rings. The second-order valence-electron chi connectivity index (χ2n) is 16.7. The van der Waals surface area contributed by atoms with Crippen LogP contribution in [-0.4, -0.2) is 101 Å². The van der Waals surface area contributed by atoms with E-state index in [0.717, 1.165) is 0 Å². The minimum absolute atomic E-state index is 0.0105. The summed E-state index contributed by atoms with van der Waals surface area (Å²) in [5, 5.41) is 8.52. The lowest BCUT2D eigenvalue weighted by molar-refractivity contribution is -0.141. The molecule has 0 spiro atoms. The highest BCUT2D eigenvalue weighted by molar-refractivity contribution is 6.04. The van der Waals surface area contributed by atoms with Gasteiger partial charge in [-0.2, -0.15) is 0 Å². The number of rotatable bonds is 14. The van der Waals surface area contributed by atoms with Crippen molar-refractivity contribution < 1.29 is 38.4 Å². The number of carbonyl (C=O) groups is 8. The first-order valence-corrected chi connectivity index (χ1v) is 18.8. The van der Waals surface area contributed by atoms with Crippen molar-refractivity contribution in [1.82, 2.24) is 30.7 Å². The van der Waals surface area contributed by atoms with E-state index in [-0.39, 0.29) is 148 Å². The molecule has 8 amide bonds. The first kappa shape index (κ1) is 40.7. The van der Waals surface area contributed by atoms with E-state index in [0.29, 0.717) is 12.1 Å². The van der Waals surface area contributed by atoms with Crippen molar-refractivity contribution >= 4 is 47.3 Å². The van der Waals surface area contributed by atoms with Gasteiger partial charge in [0.05, 0.1) is 5.92 Å². The Bertz CT molecular complexity index is 1400. The van der Waals surface area contributed by atoms with E-state index in [1.807, 2.05) is 48.5 Å². The molecule has 3 aliphatic heterocycles. The van der Waals surface area contributed by atoms with Gasteiger partial charge in [-0.05, 0) is 42.9 Å². The highest BCUT2D eigenvalue weighted by Gasteiger charge is 2.45. The van der Waals surface area contributed by atoms with Gasteiger partial charge < -0.3 is 20.9 Å². The van der Waals surface area contributed by atoms with Gasteiger partial charge in [-0.25, -0.2) is 0 Å². The summed E-state index contributed by atoms with van der Waals surface area (Å²) in [6.45, 7) is 18.1. The number of hydrogen-bond donors (Lipinski definition) is 3. The number of allylic oxidation sites excluding steroid dienone is 1. The van der Waals surface area contributed by atoms with Crippen molar-refractivity contribution in [3.8, 4) is 0 Å². The van der Waals surface area contributed by atoms with Crippen molar-refractivity contribution in [3.05, 3.63) is 12.3 Å². The SMILES string of the molecule is C=C1CC(C(C)C)C(=O)N1CCNC(=O)[C@H]1C[C@@H](C(=O)NCCN2C(=O)CC(C(C)C)C2=O)C[C@@H](C(=O)NCCN2C(=O)CC(C(C)(C)C)C2=O)C1. The zero-order valence-electron chi connectivity index (χ0n) is 31.9. The van der Waals surface area contributed by atoms with Crippen LogP contribution in [0.2, 0.25) is 0 Å². The number of nitrogens with one attached hydrogen (secondary N) is 3. The van der Waals surface area contributed by atoms with Crippen LogP contribution in [0, 0.1) is 52.8 Å². The van der Waals surface area contributed by atoms with Crippen LogP contribution in [0.25, 0.3) is 0 Å². The average Bonchev–Trinajstić information content (AvgIpc) is 3.65. The molecule has 14 nitrogen and oxygen atoms in total. The Morgan fingerprint density at radius 3 is 1.35 bits per heavy atom. The Balaban J connectivity index is 1.37. The summed E-state index contributed by atoms with van der Waals surface area (Å²) in [6, 6.07) is 0. The maximum Gasteiger partial charge on any atom is 0.233 e. The number of amides is 8. The third-order valence-corrected chi connectivity index (χ3v) is 11.3. The van der Waals surface area contributed by atoms with Crippen LogP contribution in [0.4, 0.5) is 0 Å². The summed E-state index contributed by atoms with van der Waals surface area (Å²) in [5.41, 5.74) is 0.343. The Morgan fingerprint density at radius 2 is 0.981 bits per heavy atom.